The summed E-state index contributed by atoms with van der Waals surface area (Å²) < 4.78 is 70.9. The fourth-order valence-electron chi connectivity index (χ4n) is 3.90. The Balaban J connectivity index is 1.28. The first kappa shape index (κ1) is 22.1. The predicted octanol–water partition coefficient (Wildman–Crippen LogP) is 3.39. The highest BCUT2D eigenvalue weighted by Crippen LogP contribution is 2.32. The summed E-state index contributed by atoms with van der Waals surface area (Å²) in [4.78, 5) is 21.6. The third kappa shape index (κ3) is 4.40. The number of ether oxygens (including phenoxy) is 3. The average Bonchev–Trinajstić information content (AvgIpc) is 3.18. The lowest BCUT2D eigenvalue weighted by atomic mass is 10.2. The number of benzene rings is 1. The van der Waals surface area contributed by atoms with E-state index in [1.807, 2.05) is 0 Å². The zero-order chi connectivity index (χ0) is 23.9. The van der Waals surface area contributed by atoms with Crippen LogP contribution < -0.4 is 20.1 Å². The molecule has 12 heteroatoms. The van der Waals surface area contributed by atoms with Crippen molar-refractivity contribution in [3.63, 3.8) is 0 Å². The quantitative estimate of drug-likeness (QED) is 0.521. The number of hydrogen-bond donors (Lipinski definition) is 0. The Kier molecular flexibility index (Phi) is 5.60. The standard InChI is InChI=1S/C22H18F4N4O4/c23-17-7-15(34-16-3-4-27-18(8-16)22(24,25)26)2-1-13(17)11-33-19-9-20-29-5-6-32-12-14(29)10-30(20)21(31)28-19/h1-4,7-9,14H,5-6,10-12H2. The monoisotopic (exact) mass is 478 g/mol. The van der Waals surface area contributed by atoms with Gasteiger partial charge in [0.15, 0.2) is 0 Å². The maximum absolute atomic E-state index is 14.6. The van der Waals surface area contributed by atoms with Crippen LogP contribution in [0.3, 0.4) is 0 Å². The molecule has 1 unspecified atom stereocenters. The van der Waals surface area contributed by atoms with E-state index in [2.05, 4.69) is 14.9 Å². The van der Waals surface area contributed by atoms with Gasteiger partial charge in [-0.3, -0.25) is 9.55 Å². The van der Waals surface area contributed by atoms with Gasteiger partial charge in [-0.05, 0) is 18.2 Å². The summed E-state index contributed by atoms with van der Waals surface area (Å²) in [6.45, 7) is 2.00. The van der Waals surface area contributed by atoms with Crippen LogP contribution in [0.5, 0.6) is 17.4 Å². The number of alkyl halides is 3. The van der Waals surface area contributed by atoms with Crippen LogP contribution in [0.4, 0.5) is 23.4 Å². The molecule has 34 heavy (non-hydrogen) atoms. The molecule has 0 spiro atoms. The van der Waals surface area contributed by atoms with E-state index in [1.54, 1.807) is 10.6 Å². The van der Waals surface area contributed by atoms with Crippen molar-refractivity contribution < 1.29 is 31.8 Å². The largest absolute Gasteiger partial charge is 0.472 e. The lowest BCUT2D eigenvalue weighted by Gasteiger charge is -2.30. The van der Waals surface area contributed by atoms with Crippen LogP contribution >= 0.6 is 0 Å². The van der Waals surface area contributed by atoms with Gasteiger partial charge in [0.2, 0.25) is 5.88 Å². The zero-order valence-corrected chi connectivity index (χ0v) is 17.6. The molecule has 5 rings (SSSR count). The lowest BCUT2D eigenvalue weighted by molar-refractivity contribution is -0.141. The van der Waals surface area contributed by atoms with Gasteiger partial charge < -0.3 is 19.1 Å². The molecule has 4 heterocycles. The number of fused-ring (bicyclic) bond motifs is 3. The number of pyridine rings is 1. The van der Waals surface area contributed by atoms with Crippen molar-refractivity contribution in [2.75, 3.05) is 24.7 Å². The maximum atomic E-state index is 14.6. The van der Waals surface area contributed by atoms with Gasteiger partial charge >= 0.3 is 11.9 Å². The molecule has 0 radical (unpaired) electrons. The van der Waals surface area contributed by atoms with Gasteiger partial charge in [-0.25, -0.2) is 9.18 Å². The van der Waals surface area contributed by atoms with Crippen molar-refractivity contribution >= 4 is 5.82 Å². The summed E-state index contributed by atoms with van der Waals surface area (Å²) in [5, 5.41) is 0. The van der Waals surface area contributed by atoms with Crippen LogP contribution in [0.2, 0.25) is 0 Å². The molecule has 1 atom stereocenters. The van der Waals surface area contributed by atoms with E-state index in [0.29, 0.717) is 32.1 Å². The van der Waals surface area contributed by atoms with Crippen molar-refractivity contribution in [2.45, 2.75) is 25.4 Å². The Morgan fingerprint density at radius 1 is 1.15 bits per heavy atom. The average molecular weight is 478 g/mol. The van der Waals surface area contributed by atoms with Crippen LogP contribution in [-0.2, 0) is 24.1 Å². The van der Waals surface area contributed by atoms with Crippen LogP contribution in [0.15, 0.2) is 47.4 Å². The fourth-order valence-corrected chi connectivity index (χ4v) is 3.90. The molecule has 2 aromatic heterocycles. The van der Waals surface area contributed by atoms with Crippen molar-refractivity contribution in [2.24, 2.45) is 0 Å². The minimum Gasteiger partial charge on any atom is -0.472 e. The van der Waals surface area contributed by atoms with Crippen LogP contribution in [0.1, 0.15) is 11.3 Å². The van der Waals surface area contributed by atoms with Crippen LogP contribution in [0.25, 0.3) is 0 Å². The molecular formula is C22H18F4N4O4. The van der Waals surface area contributed by atoms with Gasteiger partial charge in [0.25, 0.3) is 0 Å². The normalized spacial score (nSPS) is 17.3. The molecule has 2 aliphatic heterocycles. The second-order valence-electron chi connectivity index (χ2n) is 7.79. The van der Waals surface area contributed by atoms with E-state index in [9.17, 15) is 22.4 Å². The minimum atomic E-state index is -4.62. The lowest BCUT2D eigenvalue weighted by Crippen LogP contribution is -2.43. The Morgan fingerprint density at radius 2 is 1.97 bits per heavy atom. The number of aromatic nitrogens is 3. The van der Waals surface area contributed by atoms with E-state index in [4.69, 9.17) is 14.2 Å². The van der Waals surface area contributed by atoms with Crippen molar-refractivity contribution in [1.82, 2.24) is 14.5 Å². The van der Waals surface area contributed by atoms with E-state index in [1.165, 1.54) is 18.2 Å². The highest BCUT2D eigenvalue weighted by Gasteiger charge is 2.34. The van der Waals surface area contributed by atoms with Gasteiger partial charge in [-0.1, -0.05) is 0 Å². The molecule has 1 fully saturated rings. The second kappa shape index (κ2) is 8.60. The van der Waals surface area contributed by atoms with E-state index >= 15 is 0 Å². The Bertz CT molecular complexity index is 1280. The maximum Gasteiger partial charge on any atom is 0.433 e. The first-order valence-electron chi connectivity index (χ1n) is 10.4. The van der Waals surface area contributed by atoms with Gasteiger partial charge in [-0.15, -0.1) is 0 Å². The molecule has 2 aliphatic rings. The van der Waals surface area contributed by atoms with Crippen LogP contribution in [0, 0.1) is 5.82 Å². The predicted molar refractivity (Wildman–Crippen MR) is 110 cm³/mol. The van der Waals surface area contributed by atoms with E-state index in [0.717, 1.165) is 18.3 Å². The first-order chi connectivity index (χ1) is 16.3. The van der Waals surface area contributed by atoms with E-state index in [-0.39, 0.29) is 35.6 Å². The number of rotatable bonds is 5. The summed E-state index contributed by atoms with van der Waals surface area (Å²) in [6, 6.07) is 7.50. The SMILES string of the molecule is O=c1nc(OCc2ccc(Oc3ccnc(C(F)(F)F)c3)cc2F)cc2n1CC1COCCN21. The summed E-state index contributed by atoms with van der Waals surface area (Å²) in [7, 11) is 0. The third-order valence-corrected chi connectivity index (χ3v) is 5.54. The number of anilines is 1. The summed E-state index contributed by atoms with van der Waals surface area (Å²) >= 11 is 0. The molecule has 1 aromatic carbocycles. The molecule has 3 aromatic rings. The summed E-state index contributed by atoms with van der Waals surface area (Å²) in [5.41, 5.74) is -1.41. The highest BCUT2D eigenvalue weighted by molar-refractivity contribution is 5.47. The Morgan fingerprint density at radius 3 is 2.76 bits per heavy atom. The Hall–Kier alpha value is -3.67. The number of morpholine rings is 1. The molecule has 0 saturated carbocycles. The van der Waals surface area contributed by atoms with Gasteiger partial charge in [0.1, 0.15) is 35.4 Å². The smallest absolute Gasteiger partial charge is 0.433 e. The molecular weight excluding hydrogens is 460 g/mol. The van der Waals surface area contributed by atoms with Crippen LogP contribution in [-0.4, -0.2) is 40.3 Å². The number of hydrogen-bond acceptors (Lipinski definition) is 7. The van der Waals surface area contributed by atoms with Gasteiger partial charge in [-0.2, -0.15) is 18.2 Å². The third-order valence-electron chi connectivity index (χ3n) is 5.54. The zero-order valence-electron chi connectivity index (χ0n) is 17.6. The summed E-state index contributed by atoms with van der Waals surface area (Å²) in [6.07, 6.45) is -3.66. The van der Waals surface area contributed by atoms with Gasteiger partial charge in [0, 0.05) is 36.5 Å². The highest BCUT2D eigenvalue weighted by atomic mass is 19.4. The topological polar surface area (TPSA) is 78.7 Å². The molecule has 0 amide bonds. The van der Waals surface area contributed by atoms with E-state index < -0.39 is 23.4 Å². The second-order valence-corrected chi connectivity index (χ2v) is 7.79. The van der Waals surface area contributed by atoms with Crippen molar-refractivity contribution in [1.29, 1.82) is 0 Å². The van der Waals surface area contributed by atoms with Gasteiger partial charge in [0.05, 0.1) is 25.8 Å². The first-order valence-corrected chi connectivity index (χ1v) is 10.4. The minimum absolute atomic E-state index is 0.00725. The fraction of sp³-hybridized carbons (Fsp3) is 0.318. The summed E-state index contributed by atoms with van der Waals surface area (Å²) in [5.74, 6) is -0.0563. The Labute approximate surface area is 190 Å². The molecule has 1 saturated heterocycles. The number of nitrogens with zero attached hydrogens (tertiary/aromatic N) is 4. The van der Waals surface area contributed by atoms with Crippen molar-refractivity contribution in [3.05, 3.63) is 70.2 Å². The molecule has 0 N–H and O–H groups in total. The molecule has 0 bridgehead atoms. The molecule has 0 aliphatic carbocycles. The van der Waals surface area contributed by atoms with Crippen molar-refractivity contribution in [3.8, 4) is 17.4 Å². The number of halogens is 4. The molecule has 8 nitrogen and oxygen atoms in total. The molecule has 178 valence electrons.